The van der Waals surface area contributed by atoms with Crippen molar-refractivity contribution >= 4 is 5.91 Å². The van der Waals surface area contributed by atoms with Crippen LogP contribution in [0.1, 0.15) is 39.0 Å². The van der Waals surface area contributed by atoms with Crippen molar-refractivity contribution in [1.29, 1.82) is 0 Å². The summed E-state index contributed by atoms with van der Waals surface area (Å²) in [6.07, 6.45) is 5.37. The fourth-order valence-electron chi connectivity index (χ4n) is 1.82. The number of amides is 1. The first-order chi connectivity index (χ1) is 6.77. The predicted molar refractivity (Wildman–Crippen MR) is 55.9 cm³/mol. The van der Waals surface area contributed by atoms with Crippen LogP contribution < -0.4 is 0 Å². The number of aliphatic hydroxyl groups is 1. The van der Waals surface area contributed by atoms with Crippen LogP contribution in [0.2, 0.25) is 0 Å². The van der Waals surface area contributed by atoms with Gasteiger partial charge in [0, 0.05) is 19.5 Å². The molecule has 0 unspecified atom stereocenters. The van der Waals surface area contributed by atoms with Crippen LogP contribution in [0.3, 0.4) is 0 Å². The predicted octanol–water partition coefficient (Wildman–Crippen LogP) is 1.41. The van der Waals surface area contributed by atoms with Gasteiger partial charge in [-0.3, -0.25) is 4.79 Å². The van der Waals surface area contributed by atoms with Crippen molar-refractivity contribution in [3.05, 3.63) is 0 Å². The van der Waals surface area contributed by atoms with E-state index >= 15 is 0 Å². The van der Waals surface area contributed by atoms with Gasteiger partial charge in [0.05, 0.1) is 6.61 Å². The lowest BCUT2D eigenvalue weighted by molar-refractivity contribution is -0.133. The minimum atomic E-state index is 0.0798. The highest BCUT2D eigenvalue weighted by atomic mass is 16.3. The molecular formula is C11H21NO2. The first-order valence-corrected chi connectivity index (χ1v) is 5.66. The molecule has 0 aromatic rings. The Morgan fingerprint density at radius 1 is 1.43 bits per heavy atom. The van der Waals surface area contributed by atoms with Gasteiger partial charge in [0.1, 0.15) is 0 Å². The third-order valence-electron chi connectivity index (χ3n) is 2.90. The molecule has 1 N–H and O–H groups in total. The van der Waals surface area contributed by atoms with Crippen LogP contribution in [0.5, 0.6) is 0 Å². The quantitative estimate of drug-likeness (QED) is 0.702. The molecule has 1 saturated carbocycles. The van der Waals surface area contributed by atoms with E-state index in [0.29, 0.717) is 18.9 Å². The maximum atomic E-state index is 11.7. The van der Waals surface area contributed by atoms with Gasteiger partial charge in [-0.1, -0.05) is 13.3 Å². The molecule has 1 aliphatic carbocycles. The van der Waals surface area contributed by atoms with Gasteiger partial charge < -0.3 is 10.0 Å². The second-order valence-electron chi connectivity index (χ2n) is 4.11. The molecule has 3 nitrogen and oxygen atoms in total. The molecule has 0 aliphatic heterocycles. The van der Waals surface area contributed by atoms with Crippen LogP contribution in [0.25, 0.3) is 0 Å². The summed E-state index contributed by atoms with van der Waals surface area (Å²) in [5, 5.41) is 8.82. The molecule has 0 saturated heterocycles. The van der Waals surface area contributed by atoms with Crippen LogP contribution in [0.15, 0.2) is 0 Å². The Bertz CT molecular complexity index is 172. The molecule has 0 heterocycles. The number of carbonyl (C=O) groups excluding carboxylic acids is 1. The van der Waals surface area contributed by atoms with E-state index in [2.05, 4.69) is 6.92 Å². The highest BCUT2D eigenvalue weighted by Gasteiger charge is 2.23. The molecule has 1 amide bonds. The molecule has 1 rings (SSSR count). The summed E-state index contributed by atoms with van der Waals surface area (Å²) in [6, 6.07) is 0. The summed E-state index contributed by atoms with van der Waals surface area (Å²) in [5.41, 5.74) is 0. The van der Waals surface area contributed by atoms with Gasteiger partial charge in [0.25, 0.3) is 0 Å². The second-order valence-corrected chi connectivity index (χ2v) is 4.11. The maximum absolute atomic E-state index is 11.7. The Hall–Kier alpha value is -0.570. The van der Waals surface area contributed by atoms with E-state index in [1.807, 2.05) is 0 Å². The largest absolute Gasteiger partial charge is 0.395 e. The number of aliphatic hydroxyl groups excluding tert-OH is 1. The molecule has 0 atom stereocenters. The fraction of sp³-hybridized carbons (Fsp3) is 0.909. The number of rotatable bonds is 6. The van der Waals surface area contributed by atoms with Gasteiger partial charge in [0.15, 0.2) is 0 Å². The van der Waals surface area contributed by atoms with Crippen LogP contribution >= 0.6 is 0 Å². The van der Waals surface area contributed by atoms with Crippen molar-refractivity contribution in [2.45, 2.75) is 39.0 Å². The zero-order chi connectivity index (χ0) is 10.4. The van der Waals surface area contributed by atoms with Gasteiger partial charge >= 0.3 is 0 Å². The second kappa shape index (κ2) is 6.02. The van der Waals surface area contributed by atoms with Gasteiger partial charge in [-0.05, 0) is 25.2 Å². The van der Waals surface area contributed by atoms with Crippen LogP contribution in [0.4, 0.5) is 0 Å². The summed E-state index contributed by atoms with van der Waals surface area (Å²) in [7, 11) is 0. The van der Waals surface area contributed by atoms with Gasteiger partial charge in [-0.25, -0.2) is 0 Å². The number of nitrogens with zero attached hydrogens (tertiary/aromatic N) is 1. The smallest absolute Gasteiger partial charge is 0.222 e. The molecule has 0 spiro atoms. The summed E-state index contributed by atoms with van der Waals surface area (Å²) in [5.74, 6) is 0.853. The van der Waals surface area contributed by atoms with Crippen LogP contribution in [-0.4, -0.2) is 35.6 Å². The van der Waals surface area contributed by atoms with Crippen LogP contribution in [-0.2, 0) is 4.79 Å². The SMILES string of the molecule is CCCN(CCO)C(=O)CC1CCC1. The average molecular weight is 199 g/mol. The lowest BCUT2D eigenvalue weighted by Gasteiger charge is -2.28. The van der Waals surface area contributed by atoms with E-state index in [4.69, 9.17) is 5.11 Å². The zero-order valence-corrected chi connectivity index (χ0v) is 9.04. The average Bonchev–Trinajstić information content (AvgIpc) is 2.11. The standard InChI is InChI=1S/C11H21NO2/c1-2-6-12(7-8-13)11(14)9-10-4-3-5-10/h10,13H,2-9H2,1H3. The molecule has 0 bridgehead atoms. The Morgan fingerprint density at radius 2 is 2.14 bits per heavy atom. The number of carbonyl (C=O) groups is 1. The minimum Gasteiger partial charge on any atom is -0.395 e. The molecule has 14 heavy (non-hydrogen) atoms. The molecule has 1 fully saturated rings. The lowest BCUT2D eigenvalue weighted by Crippen LogP contribution is -2.36. The fourth-order valence-corrected chi connectivity index (χ4v) is 1.82. The Kier molecular flexibility index (Phi) is 4.94. The summed E-state index contributed by atoms with van der Waals surface area (Å²) in [6.45, 7) is 3.42. The van der Waals surface area contributed by atoms with Crippen molar-refractivity contribution in [2.75, 3.05) is 19.7 Å². The third-order valence-corrected chi connectivity index (χ3v) is 2.90. The molecule has 3 heteroatoms. The highest BCUT2D eigenvalue weighted by molar-refractivity contribution is 5.76. The summed E-state index contributed by atoms with van der Waals surface area (Å²) < 4.78 is 0. The molecule has 82 valence electrons. The van der Waals surface area contributed by atoms with Gasteiger partial charge in [-0.15, -0.1) is 0 Å². The van der Waals surface area contributed by atoms with E-state index in [0.717, 1.165) is 13.0 Å². The van der Waals surface area contributed by atoms with Gasteiger partial charge in [0.2, 0.25) is 5.91 Å². The van der Waals surface area contributed by atoms with E-state index in [1.165, 1.54) is 19.3 Å². The van der Waals surface area contributed by atoms with Crippen molar-refractivity contribution in [1.82, 2.24) is 4.90 Å². The minimum absolute atomic E-state index is 0.0798. The van der Waals surface area contributed by atoms with E-state index < -0.39 is 0 Å². The van der Waals surface area contributed by atoms with Crippen molar-refractivity contribution < 1.29 is 9.90 Å². The highest BCUT2D eigenvalue weighted by Crippen LogP contribution is 2.29. The molecule has 0 aromatic carbocycles. The summed E-state index contributed by atoms with van der Waals surface area (Å²) in [4.78, 5) is 13.5. The van der Waals surface area contributed by atoms with Crippen molar-refractivity contribution in [2.24, 2.45) is 5.92 Å². The van der Waals surface area contributed by atoms with Crippen molar-refractivity contribution in [3.63, 3.8) is 0 Å². The Balaban J connectivity index is 2.28. The maximum Gasteiger partial charge on any atom is 0.222 e. The molecule has 1 aliphatic rings. The normalized spacial score (nSPS) is 16.4. The summed E-state index contributed by atoms with van der Waals surface area (Å²) >= 11 is 0. The van der Waals surface area contributed by atoms with E-state index in [-0.39, 0.29) is 12.5 Å². The first kappa shape index (κ1) is 11.5. The van der Waals surface area contributed by atoms with E-state index in [1.54, 1.807) is 4.90 Å². The first-order valence-electron chi connectivity index (χ1n) is 5.66. The number of hydrogen-bond acceptors (Lipinski definition) is 2. The van der Waals surface area contributed by atoms with Crippen LogP contribution in [0, 0.1) is 5.92 Å². The Labute approximate surface area is 86.1 Å². The van der Waals surface area contributed by atoms with E-state index in [9.17, 15) is 4.79 Å². The van der Waals surface area contributed by atoms with Crippen molar-refractivity contribution in [3.8, 4) is 0 Å². The Morgan fingerprint density at radius 3 is 2.57 bits per heavy atom. The topological polar surface area (TPSA) is 40.5 Å². The monoisotopic (exact) mass is 199 g/mol. The third kappa shape index (κ3) is 3.29. The lowest BCUT2D eigenvalue weighted by atomic mass is 9.82. The molecule has 0 radical (unpaired) electrons. The zero-order valence-electron chi connectivity index (χ0n) is 9.04. The van der Waals surface area contributed by atoms with Gasteiger partial charge in [-0.2, -0.15) is 0 Å². The molecular weight excluding hydrogens is 178 g/mol. The number of hydrogen-bond donors (Lipinski definition) is 1. The molecule has 0 aromatic heterocycles.